The van der Waals surface area contributed by atoms with Gasteiger partial charge in [-0.3, -0.25) is 0 Å². The molecule has 0 saturated carbocycles. The molecule has 1 aromatic heterocycles. The minimum atomic E-state index is 0.451. The Hall–Kier alpha value is -0.850. The van der Waals surface area contributed by atoms with Crippen molar-refractivity contribution in [3.63, 3.8) is 0 Å². The molecule has 0 atom stereocenters. The van der Waals surface area contributed by atoms with Gasteiger partial charge in [0.2, 0.25) is 5.89 Å². The highest BCUT2D eigenvalue weighted by Gasteiger charge is 2.10. The quantitative estimate of drug-likeness (QED) is 0.896. The van der Waals surface area contributed by atoms with Crippen molar-refractivity contribution in [3.05, 3.63) is 34.1 Å². The average molecular weight is 342 g/mol. The first-order chi connectivity index (χ1) is 9.04. The highest BCUT2D eigenvalue weighted by Crippen LogP contribution is 2.31. The maximum atomic E-state index is 5.41. The number of aryl methyl sites for hydroxylation is 1. The third kappa shape index (κ3) is 4.33. The van der Waals surface area contributed by atoms with Gasteiger partial charge in [-0.05, 0) is 29.5 Å². The lowest BCUT2D eigenvalue weighted by molar-refractivity contribution is 0.429. The van der Waals surface area contributed by atoms with Crippen molar-refractivity contribution >= 4 is 27.7 Å². The van der Waals surface area contributed by atoms with Gasteiger partial charge in [0.05, 0.1) is 0 Å². The molecule has 0 bridgehead atoms. The summed E-state index contributed by atoms with van der Waals surface area (Å²) in [5.41, 5.74) is 1.22. The van der Waals surface area contributed by atoms with Crippen LogP contribution in [0, 0.1) is 6.92 Å². The second-order valence-electron chi connectivity index (χ2n) is 4.48. The fraction of sp³-hybridized carbons (Fsp3) is 0.385. The molecule has 0 unspecified atom stereocenters. The summed E-state index contributed by atoms with van der Waals surface area (Å²) in [4.78, 5) is 1.12. The predicted molar refractivity (Wildman–Crippen MR) is 79.3 cm³/mol. The summed E-state index contributed by atoms with van der Waals surface area (Å²) in [6, 6.07) is 6.67. The van der Waals surface area contributed by atoms with Gasteiger partial charge in [0.1, 0.15) is 0 Å². The van der Waals surface area contributed by atoms with Crippen LogP contribution >= 0.6 is 27.7 Å². The van der Waals surface area contributed by atoms with Crippen LogP contribution in [0.25, 0.3) is 0 Å². The molecule has 2 aromatic rings. The largest absolute Gasteiger partial charge is 0.416 e. The number of rotatable bonds is 5. The van der Waals surface area contributed by atoms with E-state index in [-0.39, 0.29) is 0 Å². The first-order valence-electron chi connectivity index (χ1n) is 6.04. The van der Waals surface area contributed by atoms with Crippen molar-refractivity contribution in [3.8, 4) is 0 Å². The van der Waals surface area contributed by atoms with Gasteiger partial charge in [0.25, 0.3) is 5.22 Å². The van der Waals surface area contributed by atoms with Gasteiger partial charge in [-0.25, -0.2) is 0 Å². The Kier molecular flexibility index (Phi) is 5.01. The molecule has 0 aliphatic carbocycles. The van der Waals surface area contributed by atoms with Crippen molar-refractivity contribution in [1.29, 1.82) is 0 Å². The monoisotopic (exact) mass is 341 g/mol. The van der Waals surface area contributed by atoms with Crippen molar-refractivity contribution in [2.75, 3.05) is 0 Å². The Morgan fingerprint density at radius 2 is 2.16 bits per heavy atom. The summed E-state index contributed by atoms with van der Waals surface area (Å²) in [6.07, 6.45) is 0. The molecule has 1 aromatic carbocycles. The van der Waals surface area contributed by atoms with Gasteiger partial charge in [0.15, 0.2) is 0 Å². The molecule has 0 spiro atoms. The minimum absolute atomic E-state index is 0.451. The fourth-order valence-electron chi connectivity index (χ4n) is 1.50. The second kappa shape index (κ2) is 6.54. The zero-order valence-electron chi connectivity index (χ0n) is 11.1. The van der Waals surface area contributed by atoms with E-state index in [0.717, 1.165) is 15.9 Å². The molecular weight excluding hydrogens is 326 g/mol. The molecule has 4 nitrogen and oxygen atoms in total. The van der Waals surface area contributed by atoms with Crippen molar-refractivity contribution in [2.24, 2.45) is 0 Å². The number of halogens is 1. The maximum absolute atomic E-state index is 5.41. The molecular formula is C13H16BrN3OS. The fourth-order valence-corrected chi connectivity index (χ4v) is 2.90. The Balaban J connectivity index is 2.19. The van der Waals surface area contributed by atoms with Crippen LogP contribution in [0.1, 0.15) is 25.3 Å². The first kappa shape index (κ1) is 14.6. The molecule has 6 heteroatoms. The van der Waals surface area contributed by atoms with E-state index >= 15 is 0 Å². The lowest BCUT2D eigenvalue weighted by atomic mass is 10.2. The summed E-state index contributed by atoms with van der Waals surface area (Å²) >= 11 is 4.99. The van der Waals surface area contributed by atoms with E-state index in [1.807, 2.05) is 6.07 Å². The molecule has 0 saturated heterocycles. The molecule has 0 fully saturated rings. The molecule has 0 aliphatic heterocycles. The number of nitrogens with one attached hydrogen (secondary N) is 1. The molecule has 1 heterocycles. The highest BCUT2D eigenvalue weighted by molar-refractivity contribution is 9.10. The van der Waals surface area contributed by atoms with Crippen LogP contribution < -0.4 is 5.32 Å². The molecule has 19 heavy (non-hydrogen) atoms. The van der Waals surface area contributed by atoms with E-state index in [2.05, 4.69) is 57.4 Å². The minimum Gasteiger partial charge on any atom is -0.416 e. The third-order valence-corrected chi connectivity index (χ3v) is 3.87. The average Bonchev–Trinajstić information content (AvgIpc) is 2.73. The van der Waals surface area contributed by atoms with E-state index in [1.165, 1.54) is 17.3 Å². The zero-order chi connectivity index (χ0) is 13.8. The van der Waals surface area contributed by atoms with Gasteiger partial charge in [-0.15, -0.1) is 10.2 Å². The van der Waals surface area contributed by atoms with E-state index in [0.29, 0.717) is 17.2 Å². The zero-order valence-corrected chi connectivity index (χ0v) is 13.5. The summed E-state index contributed by atoms with van der Waals surface area (Å²) in [7, 11) is 0. The van der Waals surface area contributed by atoms with Crippen LogP contribution in [0.2, 0.25) is 0 Å². The lowest BCUT2D eigenvalue weighted by Gasteiger charge is -2.11. The third-order valence-electron chi connectivity index (χ3n) is 2.43. The van der Waals surface area contributed by atoms with Crippen LogP contribution in [-0.4, -0.2) is 16.2 Å². The number of nitrogens with zero attached hydrogens (tertiary/aromatic N) is 2. The maximum Gasteiger partial charge on any atom is 0.281 e. The van der Waals surface area contributed by atoms with Gasteiger partial charge >= 0.3 is 0 Å². The molecule has 0 amide bonds. The number of hydrogen-bond acceptors (Lipinski definition) is 5. The van der Waals surface area contributed by atoms with E-state index < -0.39 is 0 Å². The standard InChI is InChI=1S/C13H16BrN3OS/c1-8(2)15-7-10-4-5-11(14)6-12(10)19-13-17-16-9(3)18-13/h4-6,8,15H,7H2,1-3H3. The van der Waals surface area contributed by atoms with E-state index in [9.17, 15) is 0 Å². The van der Waals surface area contributed by atoms with Crippen molar-refractivity contribution < 1.29 is 4.42 Å². The van der Waals surface area contributed by atoms with Gasteiger partial charge < -0.3 is 9.73 Å². The molecule has 0 radical (unpaired) electrons. The lowest BCUT2D eigenvalue weighted by Crippen LogP contribution is -2.22. The summed E-state index contributed by atoms with van der Waals surface area (Å²) in [5.74, 6) is 0.583. The molecule has 0 aliphatic rings. The van der Waals surface area contributed by atoms with E-state index in [1.54, 1.807) is 6.92 Å². The Morgan fingerprint density at radius 1 is 1.37 bits per heavy atom. The molecule has 102 valence electrons. The Labute approximate surface area is 125 Å². The SMILES string of the molecule is Cc1nnc(Sc2cc(Br)ccc2CNC(C)C)o1. The van der Waals surface area contributed by atoms with Gasteiger partial charge in [-0.2, -0.15) is 0 Å². The topological polar surface area (TPSA) is 51.0 Å². The van der Waals surface area contributed by atoms with Crippen LogP contribution in [0.5, 0.6) is 0 Å². The molecule has 1 N–H and O–H groups in total. The molecule has 2 rings (SSSR count). The summed E-state index contributed by atoms with van der Waals surface area (Å²) in [5, 5.41) is 11.8. The van der Waals surface area contributed by atoms with Crippen LogP contribution in [0.3, 0.4) is 0 Å². The van der Waals surface area contributed by atoms with Crippen LogP contribution in [0.4, 0.5) is 0 Å². The Morgan fingerprint density at radius 3 is 2.79 bits per heavy atom. The van der Waals surface area contributed by atoms with Gasteiger partial charge in [-0.1, -0.05) is 35.8 Å². The van der Waals surface area contributed by atoms with Crippen LogP contribution in [-0.2, 0) is 6.54 Å². The first-order valence-corrected chi connectivity index (χ1v) is 7.65. The van der Waals surface area contributed by atoms with Gasteiger partial charge in [0, 0.05) is 28.9 Å². The summed E-state index contributed by atoms with van der Waals surface area (Å²) < 4.78 is 6.45. The Bertz CT molecular complexity index is 557. The predicted octanol–water partition coefficient (Wildman–Crippen LogP) is 3.79. The second-order valence-corrected chi connectivity index (χ2v) is 6.39. The number of hydrogen-bond donors (Lipinski definition) is 1. The number of aromatic nitrogens is 2. The van der Waals surface area contributed by atoms with Crippen LogP contribution in [0.15, 0.2) is 37.2 Å². The number of benzene rings is 1. The normalized spacial score (nSPS) is 11.2. The smallest absolute Gasteiger partial charge is 0.281 e. The van der Waals surface area contributed by atoms with E-state index in [4.69, 9.17) is 4.42 Å². The highest BCUT2D eigenvalue weighted by atomic mass is 79.9. The van der Waals surface area contributed by atoms with Crippen molar-refractivity contribution in [1.82, 2.24) is 15.5 Å². The van der Waals surface area contributed by atoms with Crippen molar-refractivity contribution in [2.45, 2.75) is 43.5 Å². The summed E-state index contributed by atoms with van der Waals surface area (Å²) in [6.45, 7) is 6.87.